The van der Waals surface area contributed by atoms with Gasteiger partial charge in [0.15, 0.2) is 0 Å². The van der Waals surface area contributed by atoms with E-state index in [1.54, 1.807) is 24.5 Å². The number of rotatable bonds is 1. The number of nitrogens with one attached hydrogen (secondary N) is 1. The zero-order valence-electron chi connectivity index (χ0n) is 16.4. The summed E-state index contributed by atoms with van der Waals surface area (Å²) in [6.07, 6.45) is 5.11. The zero-order chi connectivity index (χ0) is 20.6. The number of halogens is 2. The van der Waals surface area contributed by atoms with Gasteiger partial charge in [0.25, 0.3) is 0 Å². The highest BCUT2D eigenvalue weighted by Crippen LogP contribution is 2.47. The molecule has 0 unspecified atom stereocenters. The first-order chi connectivity index (χ1) is 14.6. The van der Waals surface area contributed by atoms with Crippen LogP contribution in [0.2, 0.25) is 0 Å². The van der Waals surface area contributed by atoms with Crippen LogP contribution >= 0.6 is 0 Å². The van der Waals surface area contributed by atoms with Gasteiger partial charge in [-0.25, -0.2) is 13.5 Å². The molecular weight excluding hydrogens is 386 g/mol. The Kier molecular flexibility index (Phi) is 3.45. The van der Waals surface area contributed by atoms with E-state index < -0.39 is 11.6 Å². The number of fused-ring (bicyclic) bond motifs is 3. The molecule has 1 atom stereocenters. The molecule has 0 fully saturated rings. The van der Waals surface area contributed by atoms with Crippen LogP contribution in [0.3, 0.4) is 0 Å². The third-order valence-electron chi connectivity index (χ3n) is 6.33. The van der Waals surface area contributed by atoms with Crippen LogP contribution in [0, 0.1) is 11.6 Å². The Hall–Kier alpha value is -3.55. The largest absolute Gasteiger partial charge is 0.323 e. The van der Waals surface area contributed by atoms with E-state index in [0.29, 0.717) is 29.7 Å². The number of aromatic amines is 1. The van der Waals surface area contributed by atoms with Crippen molar-refractivity contribution in [2.24, 2.45) is 0 Å². The number of benzene rings is 1. The Morgan fingerprint density at radius 3 is 2.97 bits per heavy atom. The molecule has 8 heteroatoms. The van der Waals surface area contributed by atoms with Gasteiger partial charge < -0.3 is 4.90 Å². The number of hydrogen-bond acceptors (Lipinski definition) is 4. The predicted molar refractivity (Wildman–Crippen MR) is 112 cm³/mol. The summed E-state index contributed by atoms with van der Waals surface area (Å²) in [4.78, 5) is 6.11. The number of anilines is 1. The van der Waals surface area contributed by atoms with Crippen molar-refractivity contribution in [3.63, 3.8) is 0 Å². The monoisotopic (exact) mass is 406 g/mol. The molecule has 1 aromatic carbocycles. The van der Waals surface area contributed by atoms with Gasteiger partial charge in [-0.1, -0.05) is 6.92 Å². The standard InChI is InChI=1S/C22H18F2N6.H2/c1-11-12(2)21(18-16(23)8-17-13(19(18)24)4-3-5-25-17)29-6-7-30-22(29)15(10-27-30)20-14(11)9-26-28-20;/h3-5,8-11H,6-7H2,1-2H3,(H,26,28);1H/b21-12-;/t11-;/m1./s1. The second-order valence-corrected chi connectivity index (χ2v) is 7.83. The van der Waals surface area contributed by atoms with Crippen molar-refractivity contribution in [1.82, 2.24) is 25.0 Å². The van der Waals surface area contributed by atoms with Gasteiger partial charge in [0.05, 0.1) is 47.0 Å². The average molecular weight is 406 g/mol. The number of pyridine rings is 1. The first-order valence-electron chi connectivity index (χ1n) is 9.87. The van der Waals surface area contributed by atoms with E-state index in [2.05, 4.69) is 20.3 Å². The van der Waals surface area contributed by atoms with Gasteiger partial charge in [-0.15, -0.1) is 0 Å². The van der Waals surface area contributed by atoms with E-state index in [1.165, 1.54) is 12.3 Å². The number of hydrogen-bond donors (Lipinski definition) is 1. The van der Waals surface area contributed by atoms with Crippen LogP contribution in [0.1, 0.15) is 32.3 Å². The highest BCUT2D eigenvalue weighted by molar-refractivity contribution is 5.93. The smallest absolute Gasteiger partial charge is 0.144 e. The lowest BCUT2D eigenvalue weighted by molar-refractivity contribution is 0.583. The number of H-pyrrole nitrogens is 1. The molecule has 0 saturated heterocycles. The molecule has 0 saturated carbocycles. The molecule has 2 aliphatic heterocycles. The van der Waals surface area contributed by atoms with E-state index in [-0.39, 0.29) is 12.9 Å². The molecule has 0 bridgehead atoms. The zero-order valence-corrected chi connectivity index (χ0v) is 16.4. The van der Waals surface area contributed by atoms with Gasteiger partial charge in [0, 0.05) is 37.1 Å². The maximum absolute atomic E-state index is 15.7. The summed E-state index contributed by atoms with van der Waals surface area (Å²) in [7, 11) is 0. The number of nitrogens with zero attached hydrogens (tertiary/aromatic N) is 5. The van der Waals surface area contributed by atoms with Crippen LogP contribution < -0.4 is 4.90 Å². The highest BCUT2D eigenvalue weighted by atomic mass is 19.1. The molecule has 0 radical (unpaired) electrons. The SMILES string of the molecule is C/C1=C(\c2c(F)cc3ncccc3c2F)N2CCn3ncc(c32)-c2[nH]ncc2[C@@H]1C.[HH]. The molecule has 0 aliphatic carbocycles. The third-order valence-corrected chi connectivity index (χ3v) is 6.33. The van der Waals surface area contributed by atoms with Gasteiger partial charge in [-0.3, -0.25) is 10.1 Å². The van der Waals surface area contributed by atoms with Crippen LogP contribution in [0.15, 0.2) is 42.4 Å². The Morgan fingerprint density at radius 2 is 2.10 bits per heavy atom. The summed E-state index contributed by atoms with van der Waals surface area (Å²) >= 11 is 0. The van der Waals surface area contributed by atoms with Crippen molar-refractivity contribution >= 4 is 22.4 Å². The maximum atomic E-state index is 15.7. The van der Waals surface area contributed by atoms with Crippen molar-refractivity contribution in [1.29, 1.82) is 0 Å². The average Bonchev–Trinajstić information content (AvgIpc) is 3.46. The van der Waals surface area contributed by atoms with Crippen LogP contribution in [0.4, 0.5) is 14.6 Å². The Labute approximate surface area is 172 Å². The lowest BCUT2D eigenvalue weighted by Crippen LogP contribution is -2.24. The molecule has 0 amide bonds. The molecule has 2 aliphatic rings. The molecule has 4 aromatic rings. The summed E-state index contributed by atoms with van der Waals surface area (Å²) in [6, 6.07) is 4.61. The van der Waals surface area contributed by atoms with Crippen molar-refractivity contribution in [2.75, 3.05) is 11.4 Å². The van der Waals surface area contributed by atoms with Crippen LogP contribution in [0.25, 0.3) is 27.9 Å². The van der Waals surface area contributed by atoms with Gasteiger partial charge >= 0.3 is 0 Å². The van der Waals surface area contributed by atoms with Crippen molar-refractivity contribution in [3.8, 4) is 11.3 Å². The van der Waals surface area contributed by atoms with E-state index in [9.17, 15) is 0 Å². The highest BCUT2D eigenvalue weighted by Gasteiger charge is 2.36. The first-order valence-corrected chi connectivity index (χ1v) is 9.87. The molecule has 1 N–H and O–H groups in total. The van der Waals surface area contributed by atoms with Gasteiger partial charge in [-0.2, -0.15) is 10.2 Å². The Bertz CT molecular complexity index is 1370. The fourth-order valence-corrected chi connectivity index (χ4v) is 4.71. The molecular formula is C22H20F2N6. The van der Waals surface area contributed by atoms with Crippen molar-refractivity contribution in [3.05, 3.63) is 65.1 Å². The molecule has 6 rings (SSSR count). The minimum absolute atomic E-state index is 0. The summed E-state index contributed by atoms with van der Waals surface area (Å²) in [5.74, 6) is -0.471. The topological polar surface area (TPSA) is 62.6 Å². The van der Waals surface area contributed by atoms with Gasteiger partial charge in [0.2, 0.25) is 0 Å². The fraction of sp³-hybridized carbons (Fsp3) is 0.227. The lowest BCUT2D eigenvalue weighted by atomic mass is 9.87. The van der Waals surface area contributed by atoms with Crippen LogP contribution in [-0.4, -0.2) is 31.5 Å². The normalized spacial score (nSPS) is 20.3. The second kappa shape index (κ2) is 5.98. The van der Waals surface area contributed by atoms with Crippen molar-refractivity contribution in [2.45, 2.75) is 26.3 Å². The summed E-state index contributed by atoms with van der Waals surface area (Å²) in [5.41, 5.74) is 4.48. The summed E-state index contributed by atoms with van der Waals surface area (Å²) in [6.45, 7) is 5.20. The summed E-state index contributed by atoms with van der Waals surface area (Å²) in [5, 5.41) is 12.1. The molecule has 30 heavy (non-hydrogen) atoms. The molecule has 0 spiro atoms. The number of aromatic nitrogens is 5. The molecule has 152 valence electrons. The third kappa shape index (κ3) is 2.13. The second-order valence-electron chi connectivity index (χ2n) is 7.83. The Morgan fingerprint density at radius 1 is 1.23 bits per heavy atom. The van der Waals surface area contributed by atoms with E-state index >= 15 is 8.78 Å². The Balaban J connectivity index is 0.00000204. The minimum atomic E-state index is -0.618. The quantitative estimate of drug-likeness (QED) is 0.497. The van der Waals surface area contributed by atoms with E-state index in [1.807, 2.05) is 23.4 Å². The van der Waals surface area contributed by atoms with Gasteiger partial charge in [-0.05, 0) is 24.6 Å². The van der Waals surface area contributed by atoms with Gasteiger partial charge in [0.1, 0.15) is 17.5 Å². The van der Waals surface area contributed by atoms with E-state index in [0.717, 1.165) is 28.2 Å². The molecule has 6 nitrogen and oxygen atoms in total. The van der Waals surface area contributed by atoms with Crippen molar-refractivity contribution < 1.29 is 10.2 Å². The van der Waals surface area contributed by atoms with E-state index in [4.69, 9.17) is 0 Å². The fourth-order valence-electron chi connectivity index (χ4n) is 4.71. The van der Waals surface area contributed by atoms with Crippen LogP contribution in [0.5, 0.6) is 0 Å². The predicted octanol–water partition coefficient (Wildman–Crippen LogP) is 4.71. The number of allylic oxidation sites excluding steroid dienone is 1. The molecule has 5 heterocycles. The summed E-state index contributed by atoms with van der Waals surface area (Å²) < 4.78 is 33.0. The lowest BCUT2D eigenvalue weighted by Gasteiger charge is -2.30. The maximum Gasteiger partial charge on any atom is 0.144 e. The molecule has 3 aromatic heterocycles. The minimum Gasteiger partial charge on any atom is -0.323 e. The van der Waals surface area contributed by atoms with Crippen LogP contribution in [-0.2, 0) is 6.54 Å². The first kappa shape index (κ1) is 17.3.